The average Bonchev–Trinajstić information content (AvgIpc) is 2.61. The summed E-state index contributed by atoms with van der Waals surface area (Å²) in [6.45, 7) is 2.41. The van der Waals surface area contributed by atoms with E-state index < -0.39 is 0 Å². The Labute approximate surface area is 101 Å². The van der Waals surface area contributed by atoms with Crippen LogP contribution >= 0.6 is 38.5 Å². The lowest BCUT2D eigenvalue weighted by Crippen LogP contribution is -2.18. The van der Waals surface area contributed by atoms with Gasteiger partial charge in [-0.1, -0.05) is 0 Å². The van der Waals surface area contributed by atoms with Crippen molar-refractivity contribution in [3.63, 3.8) is 0 Å². The zero-order valence-corrected chi connectivity index (χ0v) is 11.0. The van der Waals surface area contributed by atoms with Gasteiger partial charge in [-0.15, -0.1) is 0 Å². The lowest BCUT2D eigenvalue weighted by molar-refractivity contribution is 0.949. The first kappa shape index (κ1) is 9.77. The minimum absolute atomic E-state index is 1.21. The van der Waals surface area contributed by atoms with Gasteiger partial charge in [0.25, 0.3) is 0 Å². The van der Waals surface area contributed by atoms with Gasteiger partial charge >= 0.3 is 0 Å². The van der Waals surface area contributed by atoms with Crippen molar-refractivity contribution in [2.75, 3.05) is 18.0 Å². The fourth-order valence-corrected chi connectivity index (χ4v) is 2.66. The molecule has 1 saturated heterocycles. The van der Waals surface area contributed by atoms with Crippen LogP contribution in [-0.4, -0.2) is 13.1 Å². The molecule has 13 heavy (non-hydrogen) atoms. The van der Waals surface area contributed by atoms with E-state index in [1.807, 2.05) is 0 Å². The molecule has 0 amide bonds. The van der Waals surface area contributed by atoms with Crippen molar-refractivity contribution in [3.05, 3.63) is 26.2 Å². The summed E-state index contributed by atoms with van der Waals surface area (Å²) in [6.07, 6.45) is 2.66. The first-order valence-corrected chi connectivity index (χ1v) is 6.34. The first-order valence-electron chi connectivity index (χ1n) is 4.47. The number of anilines is 1. The highest BCUT2D eigenvalue weighted by molar-refractivity contribution is 14.1. The van der Waals surface area contributed by atoms with E-state index in [2.05, 4.69) is 61.6 Å². The molecule has 3 heteroatoms. The topological polar surface area (TPSA) is 3.24 Å². The summed E-state index contributed by atoms with van der Waals surface area (Å²) < 4.78 is 2.53. The van der Waals surface area contributed by atoms with Crippen molar-refractivity contribution in [2.24, 2.45) is 0 Å². The summed E-state index contributed by atoms with van der Waals surface area (Å²) >= 11 is 5.96. The monoisotopic (exact) mass is 351 g/mol. The number of benzene rings is 1. The molecule has 0 aliphatic carbocycles. The summed E-state index contributed by atoms with van der Waals surface area (Å²) in [4.78, 5) is 2.45. The van der Waals surface area contributed by atoms with Crippen LogP contribution in [0.2, 0.25) is 0 Å². The van der Waals surface area contributed by atoms with Crippen LogP contribution in [0.4, 0.5) is 5.69 Å². The molecule has 1 nitrogen and oxygen atoms in total. The summed E-state index contributed by atoms with van der Waals surface area (Å²) in [5.74, 6) is 0. The molecule has 1 aliphatic heterocycles. The lowest BCUT2D eigenvalue weighted by Gasteiger charge is -2.19. The quantitative estimate of drug-likeness (QED) is 0.698. The second kappa shape index (κ2) is 4.17. The number of halogens is 2. The number of rotatable bonds is 1. The molecule has 2 rings (SSSR count). The lowest BCUT2D eigenvalue weighted by atomic mass is 10.3. The van der Waals surface area contributed by atoms with Crippen molar-refractivity contribution in [1.29, 1.82) is 0 Å². The normalized spacial score (nSPS) is 16.6. The van der Waals surface area contributed by atoms with Gasteiger partial charge in [0.05, 0.1) is 5.69 Å². The SMILES string of the molecule is Brc1ccc(I)cc1N1CCCC1. The van der Waals surface area contributed by atoms with Crippen LogP contribution in [0.3, 0.4) is 0 Å². The maximum absolute atomic E-state index is 3.60. The maximum Gasteiger partial charge on any atom is 0.0521 e. The number of hydrogen-bond donors (Lipinski definition) is 0. The van der Waals surface area contributed by atoms with Gasteiger partial charge in [0.15, 0.2) is 0 Å². The smallest absolute Gasteiger partial charge is 0.0521 e. The third-order valence-corrected chi connectivity index (χ3v) is 3.70. The van der Waals surface area contributed by atoms with Crippen LogP contribution < -0.4 is 4.90 Å². The van der Waals surface area contributed by atoms with Crippen LogP contribution in [0.5, 0.6) is 0 Å². The van der Waals surface area contributed by atoms with E-state index >= 15 is 0 Å². The van der Waals surface area contributed by atoms with E-state index in [-0.39, 0.29) is 0 Å². The first-order chi connectivity index (χ1) is 6.27. The highest BCUT2D eigenvalue weighted by Gasteiger charge is 2.14. The molecule has 70 valence electrons. The van der Waals surface area contributed by atoms with Gasteiger partial charge in [-0.2, -0.15) is 0 Å². The standard InChI is InChI=1S/C10H11BrIN/c11-9-4-3-8(12)7-10(9)13-5-1-2-6-13/h3-4,7H,1-2,5-6H2. The summed E-state index contributed by atoms with van der Waals surface area (Å²) in [5, 5.41) is 0. The van der Waals surface area contributed by atoms with Crippen molar-refractivity contribution in [1.82, 2.24) is 0 Å². The molecule has 0 atom stereocenters. The van der Waals surface area contributed by atoms with Crippen LogP contribution in [-0.2, 0) is 0 Å². The van der Waals surface area contributed by atoms with E-state index in [9.17, 15) is 0 Å². The van der Waals surface area contributed by atoms with E-state index in [0.717, 1.165) is 0 Å². The van der Waals surface area contributed by atoms with Crippen molar-refractivity contribution < 1.29 is 0 Å². The van der Waals surface area contributed by atoms with Crippen LogP contribution in [0, 0.1) is 3.57 Å². The molecule has 0 bridgehead atoms. The van der Waals surface area contributed by atoms with Crippen molar-refractivity contribution >= 4 is 44.2 Å². The van der Waals surface area contributed by atoms with Crippen LogP contribution in [0.1, 0.15) is 12.8 Å². The third-order valence-electron chi connectivity index (χ3n) is 2.35. The molecule has 1 aromatic rings. The van der Waals surface area contributed by atoms with Crippen molar-refractivity contribution in [2.45, 2.75) is 12.8 Å². The Kier molecular flexibility index (Phi) is 3.14. The second-order valence-corrected chi connectivity index (χ2v) is 5.39. The minimum atomic E-state index is 1.21. The Hall–Kier alpha value is 0.230. The fraction of sp³-hybridized carbons (Fsp3) is 0.400. The van der Waals surface area contributed by atoms with Gasteiger partial charge in [-0.25, -0.2) is 0 Å². The predicted octanol–water partition coefficient (Wildman–Crippen LogP) is 3.65. The van der Waals surface area contributed by atoms with Gasteiger partial charge in [0.1, 0.15) is 0 Å². The molecule has 1 heterocycles. The van der Waals surface area contributed by atoms with Crippen molar-refractivity contribution in [3.8, 4) is 0 Å². The molecule has 0 radical (unpaired) electrons. The molecule has 1 aliphatic rings. The Morgan fingerprint density at radius 3 is 2.62 bits per heavy atom. The number of nitrogens with zero attached hydrogens (tertiary/aromatic N) is 1. The predicted molar refractivity (Wildman–Crippen MR) is 68.3 cm³/mol. The van der Waals surface area contributed by atoms with E-state index in [1.54, 1.807) is 0 Å². The maximum atomic E-state index is 3.60. The molecular formula is C10H11BrIN. The van der Waals surface area contributed by atoms with Gasteiger partial charge < -0.3 is 4.90 Å². The molecule has 0 unspecified atom stereocenters. The van der Waals surface area contributed by atoms with Gasteiger partial charge in [0.2, 0.25) is 0 Å². The summed E-state index contributed by atoms with van der Waals surface area (Å²) in [6, 6.07) is 6.51. The van der Waals surface area contributed by atoms with E-state index in [0.29, 0.717) is 0 Å². The summed E-state index contributed by atoms with van der Waals surface area (Å²) in [7, 11) is 0. The van der Waals surface area contributed by atoms with E-state index in [4.69, 9.17) is 0 Å². The zero-order valence-electron chi connectivity index (χ0n) is 7.26. The molecule has 0 N–H and O–H groups in total. The third kappa shape index (κ3) is 2.18. The molecule has 1 fully saturated rings. The van der Waals surface area contributed by atoms with Gasteiger partial charge in [0, 0.05) is 21.1 Å². The number of hydrogen-bond acceptors (Lipinski definition) is 1. The Morgan fingerprint density at radius 1 is 1.23 bits per heavy atom. The largest absolute Gasteiger partial charge is 0.371 e. The fourth-order valence-electron chi connectivity index (χ4n) is 1.69. The molecule has 0 spiro atoms. The molecule has 1 aromatic carbocycles. The zero-order chi connectivity index (χ0) is 9.26. The van der Waals surface area contributed by atoms with Gasteiger partial charge in [-0.05, 0) is 69.6 Å². The Balaban J connectivity index is 2.32. The minimum Gasteiger partial charge on any atom is -0.371 e. The summed E-state index contributed by atoms with van der Waals surface area (Å²) in [5.41, 5.74) is 1.35. The van der Waals surface area contributed by atoms with Crippen LogP contribution in [0.15, 0.2) is 22.7 Å². The average molecular weight is 352 g/mol. The molecule has 0 aromatic heterocycles. The Bertz CT molecular complexity index is 308. The van der Waals surface area contributed by atoms with Gasteiger partial charge in [-0.3, -0.25) is 0 Å². The molecular weight excluding hydrogens is 341 g/mol. The molecule has 0 saturated carbocycles. The highest BCUT2D eigenvalue weighted by Crippen LogP contribution is 2.30. The second-order valence-electron chi connectivity index (χ2n) is 3.29. The highest BCUT2D eigenvalue weighted by atomic mass is 127. The van der Waals surface area contributed by atoms with E-state index in [1.165, 1.54) is 39.7 Å². The van der Waals surface area contributed by atoms with Crippen LogP contribution in [0.25, 0.3) is 0 Å². The Morgan fingerprint density at radius 2 is 1.92 bits per heavy atom.